The van der Waals surface area contributed by atoms with Crippen LogP contribution in [0, 0.1) is 11.3 Å². The Hall–Kier alpha value is -0.610. The SMILES string of the molecule is COCCN1CCC[C@](CC2CC2)(C(=O)O)C1. The maximum Gasteiger partial charge on any atom is 0.310 e. The normalized spacial score (nSPS) is 30.4. The van der Waals surface area contributed by atoms with E-state index in [0.717, 1.165) is 32.4 Å². The fourth-order valence-electron chi connectivity index (χ4n) is 2.94. The first kappa shape index (κ1) is 12.8. The van der Waals surface area contributed by atoms with Crippen molar-refractivity contribution in [3.8, 4) is 0 Å². The van der Waals surface area contributed by atoms with Gasteiger partial charge in [-0.1, -0.05) is 12.8 Å². The van der Waals surface area contributed by atoms with Crippen molar-refractivity contribution in [3.63, 3.8) is 0 Å². The van der Waals surface area contributed by atoms with Crippen LogP contribution in [0.3, 0.4) is 0 Å². The molecule has 1 aliphatic heterocycles. The van der Waals surface area contributed by atoms with E-state index in [9.17, 15) is 9.90 Å². The predicted octanol–water partition coefficient (Wildman–Crippen LogP) is 1.60. The largest absolute Gasteiger partial charge is 0.481 e. The molecule has 0 aromatic rings. The van der Waals surface area contributed by atoms with Crippen molar-refractivity contribution in [2.24, 2.45) is 11.3 Å². The lowest BCUT2D eigenvalue weighted by atomic mass is 9.75. The van der Waals surface area contributed by atoms with Gasteiger partial charge in [-0.25, -0.2) is 0 Å². The number of hydrogen-bond donors (Lipinski definition) is 1. The van der Waals surface area contributed by atoms with Gasteiger partial charge in [0.05, 0.1) is 12.0 Å². The highest BCUT2D eigenvalue weighted by Crippen LogP contribution is 2.44. The van der Waals surface area contributed by atoms with Gasteiger partial charge in [-0.2, -0.15) is 0 Å². The molecule has 1 saturated carbocycles. The van der Waals surface area contributed by atoms with Crippen molar-refractivity contribution in [1.82, 2.24) is 4.90 Å². The van der Waals surface area contributed by atoms with E-state index in [1.54, 1.807) is 7.11 Å². The molecule has 2 rings (SSSR count). The number of nitrogens with zero attached hydrogens (tertiary/aromatic N) is 1. The predicted molar refractivity (Wildman–Crippen MR) is 65.0 cm³/mol. The zero-order chi connectivity index (χ0) is 12.3. The molecule has 98 valence electrons. The van der Waals surface area contributed by atoms with Crippen LogP contribution < -0.4 is 0 Å². The number of rotatable bonds is 6. The van der Waals surface area contributed by atoms with Crippen LogP contribution in [0.25, 0.3) is 0 Å². The van der Waals surface area contributed by atoms with Crippen molar-refractivity contribution < 1.29 is 14.6 Å². The summed E-state index contributed by atoms with van der Waals surface area (Å²) >= 11 is 0. The van der Waals surface area contributed by atoms with Crippen LogP contribution in [0.1, 0.15) is 32.1 Å². The summed E-state index contributed by atoms with van der Waals surface area (Å²) in [6.45, 7) is 3.28. The summed E-state index contributed by atoms with van der Waals surface area (Å²) in [7, 11) is 1.69. The number of aliphatic carboxylic acids is 1. The summed E-state index contributed by atoms with van der Waals surface area (Å²) in [4.78, 5) is 13.9. The summed E-state index contributed by atoms with van der Waals surface area (Å²) in [6, 6.07) is 0. The van der Waals surface area contributed by atoms with Crippen LogP contribution >= 0.6 is 0 Å². The van der Waals surface area contributed by atoms with Crippen LogP contribution in [0.4, 0.5) is 0 Å². The average Bonchev–Trinajstić information content (AvgIpc) is 3.10. The van der Waals surface area contributed by atoms with Gasteiger partial charge in [-0.15, -0.1) is 0 Å². The third kappa shape index (κ3) is 3.19. The van der Waals surface area contributed by atoms with Crippen molar-refractivity contribution >= 4 is 5.97 Å². The molecular weight excluding hydrogens is 218 g/mol. The molecule has 0 aromatic heterocycles. The number of carbonyl (C=O) groups is 1. The molecule has 0 unspecified atom stereocenters. The molecule has 1 N–H and O–H groups in total. The van der Waals surface area contributed by atoms with Gasteiger partial charge in [0.2, 0.25) is 0 Å². The van der Waals surface area contributed by atoms with Crippen molar-refractivity contribution in [1.29, 1.82) is 0 Å². The Labute approximate surface area is 103 Å². The van der Waals surface area contributed by atoms with E-state index in [4.69, 9.17) is 4.74 Å². The Morgan fingerprint density at radius 1 is 1.53 bits per heavy atom. The molecule has 2 fully saturated rings. The summed E-state index contributed by atoms with van der Waals surface area (Å²) < 4.78 is 5.08. The molecule has 0 amide bonds. The third-order valence-corrected chi connectivity index (χ3v) is 4.10. The Kier molecular flexibility index (Phi) is 4.05. The van der Waals surface area contributed by atoms with Gasteiger partial charge < -0.3 is 9.84 Å². The van der Waals surface area contributed by atoms with Gasteiger partial charge >= 0.3 is 5.97 Å². The summed E-state index contributed by atoms with van der Waals surface area (Å²) in [5.41, 5.74) is -0.479. The summed E-state index contributed by atoms with van der Waals surface area (Å²) in [6.07, 6.45) is 5.19. The topological polar surface area (TPSA) is 49.8 Å². The second-order valence-electron chi connectivity index (χ2n) is 5.61. The molecule has 1 atom stereocenters. The summed E-state index contributed by atoms with van der Waals surface area (Å²) in [5, 5.41) is 9.55. The average molecular weight is 241 g/mol. The van der Waals surface area contributed by atoms with Gasteiger partial charge in [-0.3, -0.25) is 9.69 Å². The van der Waals surface area contributed by atoms with E-state index in [1.807, 2.05) is 0 Å². The fraction of sp³-hybridized carbons (Fsp3) is 0.923. The highest BCUT2D eigenvalue weighted by atomic mass is 16.5. The molecule has 4 heteroatoms. The minimum Gasteiger partial charge on any atom is -0.481 e. The lowest BCUT2D eigenvalue weighted by Gasteiger charge is -2.40. The van der Waals surface area contributed by atoms with Crippen molar-refractivity contribution in [2.45, 2.75) is 32.1 Å². The molecule has 0 bridgehead atoms. The Morgan fingerprint density at radius 2 is 2.29 bits per heavy atom. The van der Waals surface area contributed by atoms with Gasteiger partial charge in [0.25, 0.3) is 0 Å². The fourth-order valence-corrected chi connectivity index (χ4v) is 2.94. The van der Waals surface area contributed by atoms with Crippen molar-refractivity contribution in [2.75, 3.05) is 33.4 Å². The monoisotopic (exact) mass is 241 g/mol. The molecule has 1 saturated heterocycles. The lowest BCUT2D eigenvalue weighted by Crippen LogP contribution is -2.48. The smallest absolute Gasteiger partial charge is 0.310 e. The summed E-state index contributed by atoms with van der Waals surface area (Å²) in [5.74, 6) is 0.0833. The van der Waals surface area contributed by atoms with Crippen LogP contribution in [0.15, 0.2) is 0 Å². The van der Waals surface area contributed by atoms with Gasteiger partial charge in [0, 0.05) is 20.2 Å². The highest BCUT2D eigenvalue weighted by Gasteiger charge is 2.45. The second kappa shape index (κ2) is 5.36. The van der Waals surface area contributed by atoms with E-state index in [-0.39, 0.29) is 0 Å². The zero-order valence-electron chi connectivity index (χ0n) is 10.7. The molecule has 0 aromatic carbocycles. The number of ether oxygens (including phenoxy) is 1. The van der Waals surface area contributed by atoms with Crippen LogP contribution in [-0.2, 0) is 9.53 Å². The minimum absolute atomic E-state index is 0.479. The molecule has 1 aliphatic carbocycles. The Morgan fingerprint density at radius 3 is 2.88 bits per heavy atom. The molecular formula is C13H23NO3. The van der Waals surface area contributed by atoms with Crippen LogP contribution in [0.2, 0.25) is 0 Å². The minimum atomic E-state index is -0.591. The van der Waals surface area contributed by atoms with Gasteiger partial charge in [-0.05, 0) is 31.7 Å². The van der Waals surface area contributed by atoms with Crippen LogP contribution in [0.5, 0.6) is 0 Å². The first-order valence-corrected chi connectivity index (χ1v) is 6.61. The van der Waals surface area contributed by atoms with E-state index in [0.29, 0.717) is 19.1 Å². The zero-order valence-corrected chi connectivity index (χ0v) is 10.7. The first-order chi connectivity index (χ1) is 8.16. The second-order valence-corrected chi connectivity index (χ2v) is 5.61. The quantitative estimate of drug-likeness (QED) is 0.767. The molecule has 0 radical (unpaired) electrons. The molecule has 1 heterocycles. The highest BCUT2D eigenvalue weighted by molar-refractivity contribution is 5.75. The van der Waals surface area contributed by atoms with E-state index in [1.165, 1.54) is 12.8 Å². The molecule has 0 spiro atoms. The van der Waals surface area contributed by atoms with E-state index >= 15 is 0 Å². The molecule has 2 aliphatic rings. The van der Waals surface area contributed by atoms with Crippen molar-refractivity contribution in [3.05, 3.63) is 0 Å². The van der Waals surface area contributed by atoms with Gasteiger partial charge in [0.1, 0.15) is 0 Å². The first-order valence-electron chi connectivity index (χ1n) is 6.61. The third-order valence-electron chi connectivity index (χ3n) is 4.10. The number of methoxy groups -OCH3 is 1. The van der Waals surface area contributed by atoms with E-state index < -0.39 is 11.4 Å². The molecule has 17 heavy (non-hydrogen) atoms. The van der Waals surface area contributed by atoms with Crippen LogP contribution in [-0.4, -0.2) is 49.3 Å². The van der Waals surface area contributed by atoms with Gasteiger partial charge in [0.15, 0.2) is 0 Å². The molecule has 4 nitrogen and oxygen atoms in total. The number of carboxylic acids is 1. The number of carboxylic acid groups (broad SMARTS) is 1. The number of piperidine rings is 1. The number of likely N-dealkylation sites (tertiary alicyclic amines) is 1. The number of hydrogen-bond acceptors (Lipinski definition) is 3. The maximum atomic E-state index is 11.6. The lowest BCUT2D eigenvalue weighted by molar-refractivity contribution is -0.153. The standard InChI is InChI=1S/C13H23NO3/c1-17-8-7-14-6-2-5-13(10-14,12(15)16)9-11-3-4-11/h11H,2-10H2,1H3,(H,15,16)/t13-/m1/s1. The Balaban J connectivity index is 1.96. The van der Waals surface area contributed by atoms with E-state index in [2.05, 4.69) is 4.90 Å². The maximum absolute atomic E-state index is 11.6. The Bertz CT molecular complexity index is 278.